The van der Waals surface area contributed by atoms with Gasteiger partial charge in [0, 0.05) is 20.6 Å². The Morgan fingerprint density at radius 3 is 2.94 bits per heavy atom. The second-order valence-corrected chi connectivity index (χ2v) is 5.17. The molecule has 0 bridgehead atoms. The number of rotatable bonds is 6. The Morgan fingerprint density at radius 2 is 2.33 bits per heavy atom. The number of nitrogens with one attached hydrogen (secondary N) is 1. The fraction of sp³-hybridized carbons (Fsp3) is 0.750. The number of hydrogen-bond acceptors (Lipinski definition) is 4. The molecule has 6 heteroatoms. The van der Waals surface area contributed by atoms with Crippen LogP contribution in [0.15, 0.2) is 6.20 Å². The number of nitrogens with zero attached hydrogens (tertiary/aromatic N) is 4. The molecule has 0 aromatic carbocycles. The summed E-state index contributed by atoms with van der Waals surface area (Å²) in [5.41, 5.74) is 0.883. The predicted octanol–water partition coefficient (Wildman–Crippen LogP) is 0.427. The highest BCUT2D eigenvalue weighted by Crippen LogP contribution is 2.27. The molecule has 100 valence electrons. The molecular weight excluding hydrogens is 230 g/mol. The Bertz CT molecular complexity index is 410. The zero-order valence-corrected chi connectivity index (χ0v) is 11.3. The summed E-state index contributed by atoms with van der Waals surface area (Å²) < 4.78 is 1.62. The highest BCUT2D eigenvalue weighted by molar-refractivity contribution is 5.79. The molecule has 1 fully saturated rings. The van der Waals surface area contributed by atoms with Gasteiger partial charge in [0.05, 0.1) is 11.9 Å². The third kappa shape index (κ3) is 3.29. The lowest BCUT2D eigenvalue weighted by molar-refractivity contribution is -0.132. The van der Waals surface area contributed by atoms with Crippen LogP contribution in [0, 0.1) is 5.92 Å². The van der Waals surface area contributed by atoms with Crippen LogP contribution in [0.1, 0.15) is 31.5 Å². The summed E-state index contributed by atoms with van der Waals surface area (Å²) in [6.45, 7) is 3.61. The largest absolute Gasteiger partial charge is 0.347 e. The van der Waals surface area contributed by atoms with Crippen LogP contribution < -0.4 is 5.32 Å². The summed E-state index contributed by atoms with van der Waals surface area (Å²) in [6.07, 6.45) is 4.52. The van der Waals surface area contributed by atoms with Crippen molar-refractivity contribution >= 4 is 5.91 Å². The molecule has 18 heavy (non-hydrogen) atoms. The number of hydrogen-bond donors (Lipinski definition) is 1. The Labute approximate surface area is 107 Å². The summed E-state index contributed by atoms with van der Waals surface area (Å²) in [5, 5.41) is 11.4. The number of amides is 1. The summed E-state index contributed by atoms with van der Waals surface area (Å²) >= 11 is 0. The molecule has 1 aromatic rings. The number of aromatic nitrogens is 3. The zero-order valence-electron chi connectivity index (χ0n) is 11.3. The van der Waals surface area contributed by atoms with Gasteiger partial charge in [0.25, 0.3) is 0 Å². The van der Waals surface area contributed by atoms with Crippen LogP contribution >= 0.6 is 0 Å². The SMILES string of the molecule is CC(C(=O)N(C)C)n1cc(CNCC2CC2)nn1. The van der Waals surface area contributed by atoms with Gasteiger partial charge in [-0.15, -0.1) is 5.10 Å². The van der Waals surface area contributed by atoms with Gasteiger partial charge in [-0.1, -0.05) is 5.21 Å². The molecule has 0 aliphatic heterocycles. The second-order valence-electron chi connectivity index (χ2n) is 5.17. The molecule has 1 unspecified atom stereocenters. The maximum atomic E-state index is 11.8. The monoisotopic (exact) mass is 251 g/mol. The summed E-state index contributed by atoms with van der Waals surface area (Å²) in [6, 6.07) is -0.301. The first-order chi connectivity index (χ1) is 8.58. The minimum atomic E-state index is -0.301. The van der Waals surface area contributed by atoms with E-state index in [-0.39, 0.29) is 11.9 Å². The summed E-state index contributed by atoms with van der Waals surface area (Å²) in [4.78, 5) is 13.4. The lowest BCUT2D eigenvalue weighted by Gasteiger charge is -2.16. The van der Waals surface area contributed by atoms with Crippen LogP contribution in [0.2, 0.25) is 0 Å². The zero-order chi connectivity index (χ0) is 13.1. The number of likely N-dealkylation sites (N-methyl/N-ethyl adjacent to an activating group) is 1. The van der Waals surface area contributed by atoms with Crippen LogP contribution in [0.25, 0.3) is 0 Å². The highest BCUT2D eigenvalue weighted by Gasteiger charge is 2.21. The molecule has 1 saturated carbocycles. The molecule has 6 nitrogen and oxygen atoms in total. The quantitative estimate of drug-likeness (QED) is 0.796. The predicted molar refractivity (Wildman–Crippen MR) is 67.9 cm³/mol. The van der Waals surface area contributed by atoms with Crippen molar-refractivity contribution in [3.05, 3.63) is 11.9 Å². The van der Waals surface area contributed by atoms with E-state index in [0.717, 1.165) is 24.7 Å². The summed E-state index contributed by atoms with van der Waals surface area (Å²) in [5.74, 6) is 0.881. The van der Waals surface area contributed by atoms with Crippen molar-refractivity contribution in [1.82, 2.24) is 25.2 Å². The lowest BCUT2D eigenvalue weighted by atomic mass is 10.3. The molecule has 0 spiro atoms. The molecule has 1 amide bonds. The van der Waals surface area contributed by atoms with Gasteiger partial charge in [-0.25, -0.2) is 4.68 Å². The minimum Gasteiger partial charge on any atom is -0.347 e. The molecule has 1 aliphatic carbocycles. The molecular formula is C12H21N5O. The van der Waals surface area contributed by atoms with E-state index in [1.165, 1.54) is 12.8 Å². The fourth-order valence-corrected chi connectivity index (χ4v) is 1.80. The van der Waals surface area contributed by atoms with Gasteiger partial charge in [0.2, 0.25) is 5.91 Å². The molecule has 1 N–H and O–H groups in total. The van der Waals surface area contributed by atoms with Gasteiger partial charge in [0.15, 0.2) is 0 Å². The Kier molecular flexibility index (Phi) is 3.96. The van der Waals surface area contributed by atoms with Crippen LogP contribution in [0.3, 0.4) is 0 Å². The first kappa shape index (κ1) is 13.0. The van der Waals surface area contributed by atoms with Gasteiger partial charge in [-0.3, -0.25) is 4.79 Å². The van der Waals surface area contributed by atoms with Crippen LogP contribution in [0.4, 0.5) is 0 Å². The van der Waals surface area contributed by atoms with Gasteiger partial charge < -0.3 is 10.2 Å². The van der Waals surface area contributed by atoms with E-state index in [0.29, 0.717) is 0 Å². The maximum absolute atomic E-state index is 11.8. The lowest BCUT2D eigenvalue weighted by Crippen LogP contribution is -2.30. The molecule has 0 saturated heterocycles. The van der Waals surface area contributed by atoms with Gasteiger partial charge in [-0.05, 0) is 32.2 Å². The second kappa shape index (κ2) is 5.48. The first-order valence-electron chi connectivity index (χ1n) is 6.40. The molecule has 1 aromatic heterocycles. The summed E-state index contributed by atoms with van der Waals surface area (Å²) in [7, 11) is 3.49. The Balaban J connectivity index is 1.85. The molecule has 1 aliphatic rings. The molecule has 1 atom stereocenters. The third-order valence-corrected chi connectivity index (χ3v) is 3.19. The Hall–Kier alpha value is -1.43. The smallest absolute Gasteiger partial charge is 0.246 e. The topological polar surface area (TPSA) is 63.1 Å². The van der Waals surface area contributed by atoms with Crippen molar-refractivity contribution in [1.29, 1.82) is 0 Å². The van der Waals surface area contributed by atoms with Crippen molar-refractivity contribution in [3.63, 3.8) is 0 Å². The van der Waals surface area contributed by atoms with Crippen molar-refractivity contribution in [2.75, 3.05) is 20.6 Å². The Morgan fingerprint density at radius 1 is 1.61 bits per heavy atom. The van der Waals surface area contributed by atoms with E-state index >= 15 is 0 Å². The molecule has 0 radical (unpaired) electrons. The fourth-order valence-electron chi connectivity index (χ4n) is 1.80. The standard InChI is InChI=1S/C12H21N5O/c1-9(12(18)16(2)3)17-8-11(14-15-17)7-13-6-10-4-5-10/h8-10,13H,4-7H2,1-3H3. The van der Waals surface area contributed by atoms with Gasteiger partial charge in [-0.2, -0.15) is 0 Å². The molecule has 2 rings (SSSR count). The van der Waals surface area contributed by atoms with Crippen LogP contribution in [0.5, 0.6) is 0 Å². The minimum absolute atomic E-state index is 0.0254. The average molecular weight is 251 g/mol. The number of carbonyl (C=O) groups excluding carboxylic acids is 1. The van der Waals surface area contributed by atoms with Crippen molar-refractivity contribution < 1.29 is 4.79 Å². The molecule has 1 heterocycles. The number of carbonyl (C=O) groups is 1. The third-order valence-electron chi connectivity index (χ3n) is 3.19. The first-order valence-corrected chi connectivity index (χ1v) is 6.40. The van der Waals surface area contributed by atoms with Crippen LogP contribution in [-0.2, 0) is 11.3 Å². The van der Waals surface area contributed by atoms with Gasteiger partial charge in [0.1, 0.15) is 6.04 Å². The normalized spacial score (nSPS) is 16.6. The van der Waals surface area contributed by atoms with E-state index in [2.05, 4.69) is 15.6 Å². The van der Waals surface area contributed by atoms with E-state index < -0.39 is 0 Å². The van der Waals surface area contributed by atoms with E-state index in [1.54, 1.807) is 23.7 Å². The van der Waals surface area contributed by atoms with Crippen molar-refractivity contribution in [3.8, 4) is 0 Å². The van der Waals surface area contributed by atoms with Crippen molar-refractivity contribution in [2.45, 2.75) is 32.4 Å². The van der Waals surface area contributed by atoms with Gasteiger partial charge >= 0.3 is 0 Å². The van der Waals surface area contributed by atoms with Crippen LogP contribution in [-0.4, -0.2) is 46.4 Å². The highest BCUT2D eigenvalue weighted by atomic mass is 16.2. The average Bonchev–Trinajstić information content (AvgIpc) is 3.04. The maximum Gasteiger partial charge on any atom is 0.246 e. The van der Waals surface area contributed by atoms with E-state index in [4.69, 9.17) is 0 Å². The van der Waals surface area contributed by atoms with E-state index in [1.807, 2.05) is 13.1 Å². The van der Waals surface area contributed by atoms with Crippen molar-refractivity contribution in [2.24, 2.45) is 5.92 Å². The van der Waals surface area contributed by atoms with E-state index in [9.17, 15) is 4.79 Å².